The van der Waals surface area contributed by atoms with Gasteiger partial charge in [0.15, 0.2) is 5.16 Å². The Kier molecular flexibility index (Phi) is 10.5. The lowest BCUT2D eigenvalue weighted by Gasteiger charge is -2.22. The topological polar surface area (TPSA) is 104 Å². The zero-order valence-electron chi connectivity index (χ0n) is 23.5. The highest BCUT2D eigenvalue weighted by Crippen LogP contribution is 2.28. The molecule has 11 heteroatoms. The maximum atomic E-state index is 13.8. The van der Waals surface area contributed by atoms with Crippen molar-refractivity contribution in [1.82, 2.24) is 25.2 Å². The van der Waals surface area contributed by atoms with Crippen LogP contribution in [0.25, 0.3) is 0 Å². The lowest BCUT2D eigenvalue weighted by Crippen LogP contribution is -2.42. The molecule has 3 aromatic rings. The smallest absolute Gasteiger partial charge is 0.242 e. The number of hydrogen-bond acceptors (Lipinski definition) is 9. The number of aromatic nitrogens is 3. The summed E-state index contributed by atoms with van der Waals surface area (Å²) in [7, 11) is 3.76. The largest absolute Gasteiger partial charge is 0.497 e. The molecule has 0 saturated carbocycles. The van der Waals surface area contributed by atoms with Crippen molar-refractivity contribution in [3.8, 4) is 5.75 Å². The number of hydrogen-bond donors (Lipinski definition) is 3. The maximum Gasteiger partial charge on any atom is 0.242 e. The van der Waals surface area contributed by atoms with Gasteiger partial charge >= 0.3 is 0 Å². The van der Waals surface area contributed by atoms with Crippen molar-refractivity contribution in [3.05, 3.63) is 54.3 Å². The van der Waals surface area contributed by atoms with Crippen molar-refractivity contribution < 1.29 is 13.9 Å². The zero-order chi connectivity index (χ0) is 28.5. The van der Waals surface area contributed by atoms with Crippen molar-refractivity contribution in [2.45, 2.75) is 61.7 Å². The van der Waals surface area contributed by atoms with Gasteiger partial charge in [0.05, 0.1) is 7.11 Å². The van der Waals surface area contributed by atoms with Crippen LogP contribution >= 0.6 is 11.8 Å². The Balaban J connectivity index is 1.53. The summed E-state index contributed by atoms with van der Waals surface area (Å²) in [6.07, 6.45) is 3.90. The fourth-order valence-corrected chi connectivity index (χ4v) is 5.40. The second kappa shape index (κ2) is 14.3. The number of ether oxygens (including phenoxy) is 1. The molecule has 2 atom stereocenters. The second-order valence-corrected chi connectivity index (χ2v) is 11.4. The van der Waals surface area contributed by atoms with Gasteiger partial charge in [-0.2, -0.15) is 15.0 Å². The van der Waals surface area contributed by atoms with Gasteiger partial charge in [-0.15, -0.1) is 0 Å². The second-order valence-electron chi connectivity index (χ2n) is 10.4. The standard InChI is InChI=1S/C29H38FN7O2S/c1-19(2)17-25(26(38)31-15-14-22-9-6-16-37(22)3)33-28-34-27(32-21-8-5-7-20(30)18-21)35-29(36-28)40-24-12-10-23(39-4)11-13-24/h5,7-8,10-13,18-19,22,25H,6,9,14-17H2,1-4H3,(H,31,38)(H2,32,33,34,35,36)/t22?,25-/m0/s1. The van der Waals surface area contributed by atoms with Crippen molar-refractivity contribution in [2.75, 3.05) is 37.9 Å². The van der Waals surface area contributed by atoms with Gasteiger partial charge in [-0.3, -0.25) is 4.79 Å². The third-order valence-corrected chi connectivity index (χ3v) is 7.61. The number of amides is 1. The number of anilines is 3. The van der Waals surface area contributed by atoms with Gasteiger partial charge in [0.25, 0.3) is 0 Å². The van der Waals surface area contributed by atoms with E-state index in [0.717, 1.165) is 23.6 Å². The van der Waals surface area contributed by atoms with Gasteiger partial charge < -0.3 is 25.6 Å². The Morgan fingerprint density at radius 2 is 1.93 bits per heavy atom. The van der Waals surface area contributed by atoms with Crippen LogP contribution in [0.5, 0.6) is 5.75 Å². The summed E-state index contributed by atoms with van der Waals surface area (Å²) in [5.41, 5.74) is 0.505. The number of carbonyl (C=O) groups is 1. The van der Waals surface area contributed by atoms with E-state index >= 15 is 0 Å². The number of nitrogens with zero attached hydrogens (tertiary/aromatic N) is 4. The minimum absolute atomic E-state index is 0.0845. The van der Waals surface area contributed by atoms with E-state index in [1.807, 2.05) is 24.3 Å². The molecule has 1 aromatic heterocycles. The molecule has 9 nitrogen and oxygen atoms in total. The highest BCUT2D eigenvalue weighted by atomic mass is 32.2. The molecule has 0 bridgehead atoms. The monoisotopic (exact) mass is 567 g/mol. The quantitative estimate of drug-likeness (QED) is 0.252. The first-order chi connectivity index (χ1) is 19.3. The summed E-state index contributed by atoms with van der Waals surface area (Å²) >= 11 is 1.35. The summed E-state index contributed by atoms with van der Waals surface area (Å²) in [5, 5.41) is 9.84. The Morgan fingerprint density at radius 1 is 1.15 bits per heavy atom. The molecule has 1 aliphatic rings. The van der Waals surface area contributed by atoms with E-state index in [1.165, 1.54) is 36.7 Å². The molecular formula is C29H38FN7O2S. The minimum atomic E-state index is -0.524. The molecule has 1 unspecified atom stereocenters. The van der Waals surface area contributed by atoms with Gasteiger partial charge in [0.2, 0.25) is 17.8 Å². The Bertz CT molecular complexity index is 1260. The fourth-order valence-electron chi connectivity index (χ4n) is 4.66. The maximum absolute atomic E-state index is 13.8. The molecule has 1 aliphatic heterocycles. The van der Waals surface area contributed by atoms with Crippen LogP contribution in [0.3, 0.4) is 0 Å². The lowest BCUT2D eigenvalue weighted by molar-refractivity contribution is -0.122. The Labute approximate surface area is 239 Å². The number of benzene rings is 2. The van der Waals surface area contributed by atoms with Gasteiger partial charge in [0, 0.05) is 23.2 Å². The summed E-state index contributed by atoms with van der Waals surface area (Å²) in [6, 6.07) is 13.6. The van der Waals surface area contributed by atoms with E-state index in [9.17, 15) is 9.18 Å². The van der Waals surface area contributed by atoms with Gasteiger partial charge in [-0.05, 0) is 99.4 Å². The minimum Gasteiger partial charge on any atom is -0.497 e. The molecule has 2 heterocycles. The summed E-state index contributed by atoms with van der Waals surface area (Å²) in [4.78, 5) is 30.2. The van der Waals surface area contributed by atoms with E-state index in [4.69, 9.17) is 4.74 Å². The number of carbonyl (C=O) groups excluding carboxylic acids is 1. The van der Waals surface area contributed by atoms with E-state index in [2.05, 4.69) is 56.7 Å². The number of methoxy groups -OCH3 is 1. The molecule has 3 N–H and O–H groups in total. The number of nitrogens with one attached hydrogen (secondary N) is 3. The molecule has 0 radical (unpaired) electrons. The van der Waals surface area contributed by atoms with Crippen LogP contribution in [0.1, 0.15) is 39.5 Å². The van der Waals surface area contributed by atoms with Crippen LogP contribution in [-0.4, -0.2) is 65.1 Å². The first-order valence-corrected chi connectivity index (χ1v) is 14.5. The van der Waals surface area contributed by atoms with Crippen molar-refractivity contribution in [3.63, 3.8) is 0 Å². The third kappa shape index (κ3) is 8.79. The number of likely N-dealkylation sites (tertiary alicyclic amines) is 1. The van der Waals surface area contributed by atoms with Crippen molar-refractivity contribution in [2.24, 2.45) is 5.92 Å². The van der Waals surface area contributed by atoms with E-state index in [0.29, 0.717) is 29.9 Å². The van der Waals surface area contributed by atoms with E-state index in [-0.39, 0.29) is 29.5 Å². The highest BCUT2D eigenvalue weighted by Gasteiger charge is 2.24. The Morgan fingerprint density at radius 3 is 2.60 bits per heavy atom. The summed E-state index contributed by atoms with van der Waals surface area (Å²) in [5.74, 6) is 1.07. The summed E-state index contributed by atoms with van der Waals surface area (Å²) in [6.45, 7) is 5.88. The van der Waals surface area contributed by atoms with Crippen molar-refractivity contribution >= 4 is 35.3 Å². The fraction of sp³-hybridized carbons (Fsp3) is 0.448. The predicted octanol–water partition coefficient (Wildman–Crippen LogP) is 5.34. The van der Waals surface area contributed by atoms with Crippen LogP contribution in [0.15, 0.2) is 58.6 Å². The van der Waals surface area contributed by atoms with Gasteiger partial charge in [-0.25, -0.2) is 4.39 Å². The predicted molar refractivity (Wildman–Crippen MR) is 157 cm³/mol. The summed E-state index contributed by atoms with van der Waals surface area (Å²) < 4.78 is 19.1. The Hall–Kier alpha value is -3.44. The normalized spacial score (nSPS) is 16.1. The first kappa shape index (κ1) is 29.5. The first-order valence-electron chi connectivity index (χ1n) is 13.6. The molecule has 1 saturated heterocycles. The number of rotatable bonds is 13. The molecule has 0 aliphatic carbocycles. The molecule has 214 valence electrons. The third-order valence-electron chi connectivity index (χ3n) is 6.74. The van der Waals surface area contributed by atoms with Gasteiger partial charge in [0.1, 0.15) is 17.6 Å². The average molecular weight is 568 g/mol. The van der Waals surface area contributed by atoms with Crippen LogP contribution < -0.4 is 20.7 Å². The van der Waals surface area contributed by atoms with Gasteiger partial charge in [-0.1, -0.05) is 19.9 Å². The van der Waals surface area contributed by atoms with E-state index < -0.39 is 6.04 Å². The highest BCUT2D eigenvalue weighted by molar-refractivity contribution is 7.99. The van der Waals surface area contributed by atoms with Crippen molar-refractivity contribution in [1.29, 1.82) is 0 Å². The molecule has 2 aromatic carbocycles. The SMILES string of the molecule is COc1ccc(Sc2nc(Nc3cccc(F)c3)nc(N[C@@H](CC(C)C)C(=O)NCCC3CCCN3C)n2)cc1. The average Bonchev–Trinajstić information content (AvgIpc) is 3.32. The molecule has 4 rings (SSSR count). The molecular weight excluding hydrogens is 529 g/mol. The molecule has 1 fully saturated rings. The van der Waals surface area contributed by atoms with Crippen LogP contribution in [0, 0.1) is 11.7 Å². The van der Waals surface area contributed by atoms with E-state index in [1.54, 1.807) is 19.2 Å². The number of halogens is 1. The zero-order valence-corrected chi connectivity index (χ0v) is 24.3. The molecule has 0 spiro atoms. The van der Waals surface area contributed by atoms with Crippen LogP contribution in [0.4, 0.5) is 22.0 Å². The molecule has 40 heavy (non-hydrogen) atoms. The van der Waals surface area contributed by atoms with Crippen LogP contribution in [0.2, 0.25) is 0 Å². The van der Waals surface area contributed by atoms with Crippen LogP contribution in [-0.2, 0) is 4.79 Å². The molecule has 1 amide bonds. The lowest BCUT2D eigenvalue weighted by atomic mass is 10.0.